The first-order valence-electron chi connectivity index (χ1n) is 10.6. The number of rotatable bonds is 15. The van der Waals surface area contributed by atoms with E-state index in [2.05, 4.69) is 13.8 Å². The van der Waals surface area contributed by atoms with Crippen LogP contribution in [-0.4, -0.2) is 13.0 Å². The molecule has 5 heteroatoms. The number of unbranched alkanes of at least 4 members (excludes halogenated alkanes) is 10. The minimum atomic E-state index is -4.40. The molecule has 0 heterocycles. The summed E-state index contributed by atoms with van der Waals surface area (Å²) in [5, 5.41) is 0. The second-order valence-corrected chi connectivity index (χ2v) is 8.73. The maximum atomic E-state index is 11.7. The number of hydrogen-bond acceptors (Lipinski definition) is 3. The molecule has 1 aromatic rings. The van der Waals surface area contributed by atoms with E-state index in [1.165, 1.54) is 63.9 Å². The SMILES string of the molecule is CCCCCCCCc1cccc(S(=O)(=O)[O-])c1CCCCCCCC.[Li+]. The van der Waals surface area contributed by atoms with Crippen LogP contribution in [0, 0.1) is 0 Å². The molecule has 0 aliphatic rings. The molecule has 0 fully saturated rings. The summed E-state index contributed by atoms with van der Waals surface area (Å²) in [7, 11) is -4.40. The summed E-state index contributed by atoms with van der Waals surface area (Å²) in [6, 6.07) is 5.22. The van der Waals surface area contributed by atoms with Gasteiger partial charge >= 0.3 is 18.9 Å². The quantitative estimate of drug-likeness (QED) is 0.263. The van der Waals surface area contributed by atoms with Crippen LogP contribution >= 0.6 is 0 Å². The van der Waals surface area contributed by atoms with Crippen molar-refractivity contribution in [2.45, 2.75) is 109 Å². The minimum absolute atomic E-state index is 0. The Hall–Kier alpha value is -0.273. The van der Waals surface area contributed by atoms with Crippen molar-refractivity contribution in [3.8, 4) is 0 Å². The molecule has 0 aliphatic carbocycles. The smallest absolute Gasteiger partial charge is 0.744 e. The summed E-state index contributed by atoms with van der Waals surface area (Å²) in [6.07, 6.45) is 15.8. The van der Waals surface area contributed by atoms with Gasteiger partial charge in [-0.15, -0.1) is 0 Å². The Morgan fingerprint density at radius 2 is 1.22 bits per heavy atom. The van der Waals surface area contributed by atoms with Crippen molar-refractivity contribution in [3.05, 3.63) is 29.3 Å². The first-order valence-corrected chi connectivity index (χ1v) is 12.0. The van der Waals surface area contributed by atoms with Crippen molar-refractivity contribution in [2.75, 3.05) is 0 Å². The Labute approximate surface area is 179 Å². The van der Waals surface area contributed by atoms with Gasteiger partial charge in [-0.25, -0.2) is 8.42 Å². The van der Waals surface area contributed by atoms with E-state index >= 15 is 0 Å². The summed E-state index contributed by atoms with van der Waals surface area (Å²) in [6.45, 7) is 4.41. The van der Waals surface area contributed by atoms with E-state index in [-0.39, 0.29) is 23.8 Å². The van der Waals surface area contributed by atoms with Crippen LogP contribution in [0.5, 0.6) is 0 Å². The van der Waals surface area contributed by atoms with Gasteiger partial charge in [0.15, 0.2) is 0 Å². The van der Waals surface area contributed by atoms with Gasteiger partial charge in [0.1, 0.15) is 10.1 Å². The molecule has 0 saturated carbocycles. The molecule has 150 valence electrons. The zero-order chi connectivity index (χ0) is 19.3. The molecule has 0 aromatic heterocycles. The van der Waals surface area contributed by atoms with Crippen LogP contribution in [0.1, 0.15) is 102 Å². The van der Waals surface area contributed by atoms with Crippen molar-refractivity contribution in [3.63, 3.8) is 0 Å². The predicted octanol–water partition coefficient (Wildman–Crippen LogP) is 3.40. The molecule has 0 spiro atoms. The third-order valence-electron chi connectivity index (χ3n) is 5.08. The maximum absolute atomic E-state index is 11.7. The van der Waals surface area contributed by atoms with Gasteiger partial charge < -0.3 is 4.55 Å². The summed E-state index contributed by atoms with van der Waals surface area (Å²) >= 11 is 0. The van der Waals surface area contributed by atoms with Crippen molar-refractivity contribution < 1.29 is 31.8 Å². The molecule has 0 bridgehead atoms. The van der Waals surface area contributed by atoms with Gasteiger partial charge in [0.05, 0.1) is 4.90 Å². The first kappa shape index (κ1) is 26.7. The summed E-state index contributed by atoms with van der Waals surface area (Å²) in [5.74, 6) is 0. The Morgan fingerprint density at radius 3 is 1.74 bits per heavy atom. The van der Waals surface area contributed by atoms with Crippen molar-refractivity contribution >= 4 is 10.1 Å². The third-order valence-corrected chi connectivity index (χ3v) is 6.00. The number of aryl methyl sites for hydroxylation is 1. The Balaban J connectivity index is 0.00000676. The van der Waals surface area contributed by atoms with E-state index in [9.17, 15) is 13.0 Å². The van der Waals surface area contributed by atoms with Crippen molar-refractivity contribution in [1.82, 2.24) is 0 Å². The van der Waals surface area contributed by atoms with Crippen LogP contribution in [0.2, 0.25) is 0 Å². The van der Waals surface area contributed by atoms with Gasteiger partial charge in [0, 0.05) is 0 Å². The second-order valence-electron chi connectivity index (χ2n) is 7.38. The molecule has 3 nitrogen and oxygen atoms in total. The first-order chi connectivity index (χ1) is 12.5. The van der Waals surface area contributed by atoms with E-state index in [0.717, 1.165) is 36.8 Å². The molecule has 0 aliphatic heterocycles. The fourth-order valence-corrected chi connectivity index (χ4v) is 4.32. The standard InChI is InChI=1S/C22H38O3S.Li/c1-3-5-7-9-11-13-16-20-17-15-19-22(26(23,24)25)21(20)18-14-12-10-8-6-4-2;/h15,17,19H,3-14,16,18H2,1-2H3,(H,23,24,25);/q;+1/p-1. The van der Waals surface area contributed by atoms with E-state index in [0.29, 0.717) is 6.42 Å². The fourth-order valence-electron chi connectivity index (χ4n) is 3.54. The van der Waals surface area contributed by atoms with Gasteiger partial charge in [-0.2, -0.15) is 0 Å². The Morgan fingerprint density at radius 1 is 0.741 bits per heavy atom. The molecule has 0 amide bonds. The molecule has 1 aromatic carbocycles. The van der Waals surface area contributed by atoms with Gasteiger partial charge in [-0.1, -0.05) is 90.2 Å². The summed E-state index contributed by atoms with van der Waals surface area (Å²) in [4.78, 5) is 0.00883. The number of hydrogen-bond donors (Lipinski definition) is 0. The molecule has 27 heavy (non-hydrogen) atoms. The van der Waals surface area contributed by atoms with Crippen LogP contribution in [0.4, 0.5) is 0 Å². The average molecular weight is 389 g/mol. The fraction of sp³-hybridized carbons (Fsp3) is 0.727. The molecule has 0 saturated heterocycles. The third kappa shape index (κ3) is 11.3. The topological polar surface area (TPSA) is 57.2 Å². The van der Waals surface area contributed by atoms with Crippen LogP contribution in [0.15, 0.2) is 23.1 Å². The Bertz CT molecular complexity index is 600. The predicted molar refractivity (Wildman–Crippen MR) is 109 cm³/mol. The van der Waals surface area contributed by atoms with E-state index in [1.54, 1.807) is 6.07 Å². The maximum Gasteiger partial charge on any atom is 1.00 e. The zero-order valence-corrected chi connectivity index (χ0v) is 18.6. The van der Waals surface area contributed by atoms with Gasteiger partial charge in [0.25, 0.3) is 0 Å². The van der Waals surface area contributed by atoms with Gasteiger partial charge in [-0.3, -0.25) is 0 Å². The van der Waals surface area contributed by atoms with Crippen molar-refractivity contribution in [2.24, 2.45) is 0 Å². The molecule has 0 radical (unpaired) electrons. The van der Waals surface area contributed by atoms with Crippen molar-refractivity contribution in [1.29, 1.82) is 0 Å². The number of benzene rings is 1. The van der Waals surface area contributed by atoms with Crippen LogP contribution < -0.4 is 18.9 Å². The minimum Gasteiger partial charge on any atom is -0.744 e. The molecule has 0 unspecified atom stereocenters. The normalized spacial score (nSPS) is 11.4. The largest absolute Gasteiger partial charge is 1.00 e. The summed E-state index contributed by atoms with van der Waals surface area (Å²) in [5.41, 5.74) is 1.84. The Kier molecular flexibility index (Phi) is 15.5. The van der Waals surface area contributed by atoms with Crippen LogP contribution in [0.25, 0.3) is 0 Å². The molecule has 1 rings (SSSR count). The average Bonchev–Trinajstić information content (AvgIpc) is 2.60. The van der Waals surface area contributed by atoms with Gasteiger partial charge in [-0.05, 0) is 42.9 Å². The molecular formula is C22H37LiO3S. The van der Waals surface area contributed by atoms with Crippen LogP contribution in [0.3, 0.4) is 0 Å². The second kappa shape index (κ2) is 15.6. The monoisotopic (exact) mass is 388 g/mol. The molecule has 0 N–H and O–H groups in total. The van der Waals surface area contributed by atoms with E-state index < -0.39 is 10.1 Å². The summed E-state index contributed by atoms with van der Waals surface area (Å²) < 4.78 is 35.0. The molecule has 0 atom stereocenters. The van der Waals surface area contributed by atoms with E-state index in [4.69, 9.17) is 0 Å². The molecular weight excluding hydrogens is 351 g/mol. The van der Waals surface area contributed by atoms with Crippen LogP contribution in [-0.2, 0) is 23.0 Å². The van der Waals surface area contributed by atoms with E-state index in [1.807, 2.05) is 6.07 Å². The van der Waals surface area contributed by atoms with Gasteiger partial charge in [0.2, 0.25) is 0 Å². The zero-order valence-electron chi connectivity index (χ0n) is 17.8.